The smallest absolute Gasteiger partial charge is 0.0695 e. The first-order valence-electron chi connectivity index (χ1n) is 5.46. The normalized spacial score (nSPS) is 19.8. The van der Waals surface area contributed by atoms with Gasteiger partial charge in [-0.05, 0) is 44.7 Å². The molecule has 0 spiro atoms. The fourth-order valence-electron chi connectivity index (χ4n) is 1.52. The van der Waals surface area contributed by atoms with Gasteiger partial charge in [-0.15, -0.1) is 0 Å². The van der Waals surface area contributed by atoms with Gasteiger partial charge in [-0.2, -0.15) is 0 Å². The Hall–Kier alpha value is -0.0800. The number of rotatable bonds is 6. The molecular weight excluding hydrogens is 162 g/mol. The molecule has 1 atom stereocenters. The second-order valence-electron chi connectivity index (χ2n) is 4.85. The Balaban J connectivity index is 2.05. The number of hydrogen-bond acceptors (Lipinski definition) is 2. The molecule has 1 N–H and O–H groups in total. The van der Waals surface area contributed by atoms with E-state index in [-0.39, 0.29) is 6.10 Å². The standard InChI is InChI=1S/C11H23NO/c1-9(2)6-7-12(3)8-11(13)10-4-5-10/h9-11,13H,4-8H2,1-3H3. The first-order valence-corrected chi connectivity index (χ1v) is 5.46. The topological polar surface area (TPSA) is 23.5 Å². The Morgan fingerprint density at radius 2 is 2.00 bits per heavy atom. The fourth-order valence-corrected chi connectivity index (χ4v) is 1.52. The molecule has 0 bridgehead atoms. The van der Waals surface area contributed by atoms with Crippen LogP contribution in [0.25, 0.3) is 0 Å². The second-order valence-corrected chi connectivity index (χ2v) is 4.85. The molecule has 0 aromatic carbocycles. The first-order chi connectivity index (χ1) is 6.09. The lowest BCUT2D eigenvalue weighted by atomic mass is 10.1. The minimum Gasteiger partial charge on any atom is -0.392 e. The van der Waals surface area contributed by atoms with Gasteiger partial charge in [0.05, 0.1) is 6.10 Å². The van der Waals surface area contributed by atoms with Gasteiger partial charge in [0.2, 0.25) is 0 Å². The van der Waals surface area contributed by atoms with Crippen molar-refractivity contribution in [1.29, 1.82) is 0 Å². The van der Waals surface area contributed by atoms with Crippen molar-refractivity contribution in [2.75, 3.05) is 20.1 Å². The van der Waals surface area contributed by atoms with Crippen molar-refractivity contribution < 1.29 is 5.11 Å². The van der Waals surface area contributed by atoms with Crippen LogP contribution in [0.1, 0.15) is 33.1 Å². The van der Waals surface area contributed by atoms with Crippen LogP contribution in [0.5, 0.6) is 0 Å². The number of aliphatic hydroxyl groups excluding tert-OH is 1. The zero-order valence-corrected chi connectivity index (χ0v) is 9.16. The van der Waals surface area contributed by atoms with E-state index in [2.05, 4.69) is 25.8 Å². The number of aliphatic hydroxyl groups is 1. The third-order valence-corrected chi connectivity index (χ3v) is 2.75. The van der Waals surface area contributed by atoms with Gasteiger partial charge < -0.3 is 10.0 Å². The first kappa shape index (κ1) is 11.0. The van der Waals surface area contributed by atoms with E-state index in [1.54, 1.807) is 0 Å². The highest BCUT2D eigenvalue weighted by Gasteiger charge is 2.30. The lowest BCUT2D eigenvalue weighted by Gasteiger charge is -2.21. The molecule has 1 saturated carbocycles. The van der Waals surface area contributed by atoms with Crippen molar-refractivity contribution in [2.24, 2.45) is 11.8 Å². The molecule has 0 aromatic rings. The van der Waals surface area contributed by atoms with E-state index < -0.39 is 0 Å². The molecule has 0 heterocycles. The van der Waals surface area contributed by atoms with Crippen molar-refractivity contribution in [3.63, 3.8) is 0 Å². The summed E-state index contributed by atoms with van der Waals surface area (Å²) >= 11 is 0. The molecule has 1 unspecified atom stereocenters. The summed E-state index contributed by atoms with van der Waals surface area (Å²) in [7, 11) is 2.11. The lowest BCUT2D eigenvalue weighted by Crippen LogP contribution is -2.31. The Morgan fingerprint density at radius 3 is 2.46 bits per heavy atom. The van der Waals surface area contributed by atoms with Crippen LogP contribution in [-0.2, 0) is 0 Å². The molecule has 2 nitrogen and oxygen atoms in total. The molecule has 1 aliphatic rings. The predicted molar refractivity (Wildman–Crippen MR) is 55.7 cm³/mol. The van der Waals surface area contributed by atoms with Gasteiger partial charge >= 0.3 is 0 Å². The number of nitrogens with zero attached hydrogens (tertiary/aromatic N) is 1. The molecule has 13 heavy (non-hydrogen) atoms. The summed E-state index contributed by atoms with van der Waals surface area (Å²) in [5.74, 6) is 1.38. The van der Waals surface area contributed by atoms with E-state index in [0.717, 1.165) is 19.0 Å². The van der Waals surface area contributed by atoms with E-state index in [1.165, 1.54) is 19.3 Å². The van der Waals surface area contributed by atoms with Crippen LogP contribution >= 0.6 is 0 Å². The Bertz CT molecular complexity index is 143. The average molecular weight is 185 g/mol. The summed E-state index contributed by atoms with van der Waals surface area (Å²) < 4.78 is 0. The van der Waals surface area contributed by atoms with Gasteiger partial charge in [0.15, 0.2) is 0 Å². The van der Waals surface area contributed by atoms with Crippen LogP contribution in [0.3, 0.4) is 0 Å². The van der Waals surface area contributed by atoms with Crippen molar-refractivity contribution >= 4 is 0 Å². The highest BCUT2D eigenvalue weighted by Crippen LogP contribution is 2.32. The lowest BCUT2D eigenvalue weighted by molar-refractivity contribution is 0.105. The molecule has 2 heteroatoms. The molecule has 78 valence electrons. The van der Waals surface area contributed by atoms with Crippen molar-refractivity contribution in [3.05, 3.63) is 0 Å². The van der Waals surface area contributed by atoms with Gasteiger partial charge in [0.25, 0.3) is 0 Å². The Labute approximate surface area is 81.9 Å². The summed E-state index contributed by atoms with van der Waals surface area (Å²) in [6.07, 6.45) is 3.63. The van der Waals surface area contributed by atoms with Crippen LogP contribution in [0, 0.1) is 11.8 Å². The van der Waals surface area contributed by atoms with E-state index in [1.807, 2.05) is 0 Å². The van der Waals surface area contributed by atoms with Crippen LogP contribution in [-0.4, -0.2) is 36.2 Å². The largest absolute Gasteiger partial charge is 0.392 e. The quantitative estimate of drug-likeness (QED) is 0.681. The van der Waals surface area contributed by atoms with Gasteiger partial charge in [-0.1, -0.05) is 13.8 Å². The predicted octanol–water partition coefficient (Wildman–Crippen LogP) is 1.74. The van der Waals surface area contributed by atoms with E-state index in [4.69, 9.17) is 0 Å². The number of likely N-dealkylation sites (N-methyl/N-ethyl adjacent to an activating group) is 1. The third-order valence-electron chi connectivity index (χ3n) is 2.75. The van der Waals surface area contributed by atoms with Gasteiger partial charge in [-0.25, -0.2) is 0 Å². The zero-order valence-electron chi connectivity index (χ0n) is 9.16. The molecule has 0 aromatic heterocycles. The highest BCUT2D eigenvalue weighted by atomic mass is 16.3. The average Bonchev–Trinajstić information content (AvgIpc) is 2.82. The summed E-state index contributed by atoms with van der Waals surface area (Å²) in [6, 6.07) is 0. The summed E-state index contributed by atoms with van der Waals surface area (Å²) in [5, 5.41) is 9.68. The highest BCUT2D eigenvalue weighted by molar-refractivity contribution is 4.82. The maximum atomic E-state index is 9.68. The van der Waals surface area contributed by atoms with E-state index in [9.17, 15) is 5.11 Å². The van der Waals surface area contributed by atoms with Crippen molar-refractivity contribution in [2.45, 2.75) is 39.2 Å². The molecular formula is C11H23NO. The second kappa shape index (κ2) is 4.97. The van der Waals surface area contributed by atoms with E-state index in [0.29, 0.717) is 5.92 Å². The SMILES string of the molecule is CC(C)CCN(C)CC(O)C1CC1. The monoisotopic (exact) mass is 185 g/mol. The van der Waals surface area contributed by atoms with E-state index >= 15 is 0 Å². The van der Waals surface area contributed by atoms with Crippen LogP contribution < -0.4 is 0 Å². The van der Waals surface area contributed by atoms with Gasteiger partial charge in [-0.3, -0.25) is 0 Å². The Kier molecular flexibility index (Phi) is 4.20. The summed E-state index contributed by atoms with van der Waals surface area (Å²) in [5.41, 5.74) is 0. The third kappa shape index (κ3) is 4.63. The maximum absolute atomic E-state index is 9.68. The molecule has 0 saturated heterocycles. The minimum atomic E-state index is -0.0721. The molecule has 0 aliphatic heterocycles. The minimum absolute atomic E-state index is 0.0721. The molecule has 1 rings (SSSR count). The molecule has 1 aliphatic carbocycles. The van der Waals surface area contributed by atoms with Crippen LogP contribution in [0.4, 0.5) is 0 Å². The maximum Gasteiger partial charge on any atom is 0.0695 e. The van der Waals surface area contributed by atoms with Crippen molar-refractivity contribution in [1.82, 2.24) is 4.90 Å². The van der Waals surface area contributed by atoms with Gasteiger partial charge in [0.1, 0.15) is 0 Å². The number of hydrogen-bond donors (Lipinski definition) is 1. The fraction of sp³-hybridized carbons (Fsp3) is 1.00. The van der Waals surface area contributed by atoms with Crippen molar-refractivity contribution in [3.8, 4) is 0 Å². The molecule has 0 radical (unpaired) electrons. The zero-order chi connectivity index (χ0) is 9.84. The molecule has 1 fully saturated rings. The Morgan fingerprint density at radius 1 is 1.38 bits per heavy atom. The van der Waals surface area contributed by atoms with Gasteiger partial charge in [0, 0.05) is 6.54 Å². The van der Waals surface area contributed by atoms with Crippen LogP contribution in [0.15, 0.2) is 0 Å². The molecule has 0 amide bonds. The van der Waals surface area contributed by atoms with Crippen LogP contribution in [0.2, 0.25) is 0 Å². The summed E-state index contributed by atoms with van der Waals surface area (Å²) in [4.78, 5) is 2.25. The summed E-state index contributed by atoms with van der Waals surface area (Å²) in [6.45, 7) is 6.45.